The summed E-state index contributed by atoms with van der Waals surface area (Å²) in [5.74, 6) is 0. The van der Waals surface area contributed by atoms with E-state index in [-0.39, 0.29) is 6.71 Å². The van der Waals surface area contributed by atoms with Crippen LogP contribution < -0.4 is 31.1 Å². The third-order valence-corrected chi connectivity index (χ3v) is 19.6. The highest BCUT2D eigenvalue weighted by Gasteiger charge is 2.54. The zero-order valence-electron chi connectivity index (χ0n) is 45.8. The van der Waals surface area contributed by atoms with Gasteiger partial charge in [0.15, 0.2) is 0 Å². The Kier molecular flexibility index (Phi) is 9.28. The van der Waals surface area contributed by atoms with Crippen molar-refractivity contribution in [2.24, 2.45) is 0 Å². The number of anilines is 9. The van der Waals surface area contributed by atoms with Gasteiger partial charge in [-0.15, -0.1) is 0 Å². The molecule has 0 N–H and O–H groups in total. The molecule has 0 saturated carbocycles. The van der Waals surface area contributed by atoms with Crippen molar-refractivity contribution in [3.8, 4) is 44.5 Å². The molecule has 6 aliphatic rings. The quantitative estimate of drug-likeness (QED) is 0.159. The number of rotatable bonds is 5. The minimum absolute atomic E-state index is 0.0549. The molecule has 2 heterocycles. The Morgan fingerprint density at radius 2 is 0.536 bits per heavy atom. The maximum Gasteiger partial charge on any atom is 0.252 e. The molecule has 2 aliphatic heterocycles. The van der Waals surface area contributed by atoms with E-state index in [0.29, 0.717) is 0 Å². The molecule has 0 amide bonds. The van der Waals surface area contributed by atoms with Crippen molar-refractivity contribution in [3.05, 3.63) is 348 Å². The number of nitrogens with zero attached hydrogens (tertiary/aromatic N) is 3. The van der Waals surface area contributed by atoms with Crippen molar-refractivity contribution in [1.29, 1.82) is 0 Å². The van der Waals surface area contributed by atoms with Crippen molar-refractivity contribution in [1.82, 2.24) is 0 Å². The van der Waals surface area contributed by atoms with E-state index in [0.717, 1.165) is 39.8 Å². The number of hydrogen-bond acceptors (Lipinski definition) is 3. The molecule has 13 aromatic carbocycles. The lowest BCUT2D eigenvalue weighted by Gasteiger charge is -2.45. The standard InChI is InChI=1S/C80H50BN3/c1-3-23-51(24-4-1)82(52-25-5-2-6-26-52)55-49-76-78-77(50-55)84(54-44-46-71-63(48-54)61-32-12-18-38-69(61)80(71)66-35-15-9-29-58(66)59-30-10-16-36-67(59)80)75-42-22-20-40-73(75)81(78)72-39-19-21-41-74(72)83(76)53-43-45-70-62(47-53)60-31-11-17-37-68(60)79(70)64-33-13-7-27-56(64)57-28-8-14-34-65(57)79/h1-50H. The Hall–Kier alpha value is -10.7. The third-order valence-electron chi connectivity index (χ3n) is 19.6. The Morgan fingerprint density at radius 3 is 0.905 bits per heavy atom. The van der Waals surface area contributed by atoms with Crippen LogP contribution in [0.1, 0.15) is 44.5 Å². The molecule has 0 unspecified atom stereocenters. The van der Waals surface area contributed by atoms with Crippen molar-refractivity contribution in [2.45, 2.75) is 10.8 Å². The Bertz CT molecular complexity index is 4570. The molecule has 13 aromatic rings. The first-order valence-corrected chi connectivity index (χ1v) is 29.4. The Morgan fingerprint density at radius 1 is 0.238 bits per heavy atom. The molecule has 3 nitrogen and oxygen atoms in total. The van der Waals surface area contributed by atoms with E-state index >= 15 is 0 Å². The predicted molar refractivity (Wildman–Crippen MR) is 348 cm³/mol. The summed E-state index contributed by atoms with van der Waals surface area (Å²) in [6.07, 6.45) is 0. The summed E-state index contributed by atoms with van der Waals surface area (Å²) >= 11 is 0. The van der Waals surface area contributed by atoms with E-state index in [9.17, 15) is 0 Å². The Labute approximate surface area is 489 Å². The first kappa shape index (κ1) is 46.0. The SMILES string of the molecule is c1ccc(N(c2ccccc2)c2cc3c4c(c2)N(c2ccc5c(c2)-c2ccccc2C52c5ccccc5-c5ccccc52)c2ccccc2B4c2ccccc2N3c2ccc3c(c2)-c2ccccc2C32c3ccccc3-c3ccccc32)cc1. The summed E-state index contributed by atoms with van der Waals surface area (Å²) in [4.78, 5) is 7.63. The summed E-state index contributed by atoms with van der Waals surface area (Å²) in [5, 5.41) is 0. The van der Waals surface area contributed by atoms with Gasteiger partial charge >= 0.3 is 0 Å². The van der Waals surface area contributed by atoms with Crippen molar-refractivity contribution >= 4 is 74.3 Å². The molecule has 0 saturated heterocycles. The fourth-order valence-electron chi connectivity index (χ4n) is 16.6. The molecule has 0 aromatic heterocycles. The van der Waals surface area contributed by atoms with Gasteiger partial charge < -0.3 is 14.7 Å². The third kappa shape index (κ3) is 5.77. The molecular formula is C80H50BN3. The minimum atomic E-state index is -0.446. The molecule has 0 bridgehead atoms. The normalized spacial score (nSPS) is 14.5. The lowest BCUT2D eigenvalue weighted by molar-refractivity contribution is 0.794. The van der Waals surface area contributed by atoms with Crippen LogP contribution in [0, 0.1) is 0 Å². The lowest BCUT2D eigenvalue weighted by atomic mass is 9.33. The molecule has 0 fully saturated rings. The summed E-state index contributed by atoms with van der Waals surface area (Å²) in [7, 11) is 0. The van der Waals surface area contributed by atoms with Gasteiger partial charge in [-0.05, 0) is 178 Å². The van der Waals surface area contributed by atoms with E-state index in [4.69, 9.17) is 0 Å². The lowest BCUT2D eigenvalue weighted by Crippen LogP contribution is -2.61. The molecule has 388 valence electrons. The monoisotopic (exact) mass is 1060 g/mol. The van der Waals surface area contributed by atoms with Gasteiger partial charge in [0, 0.05) is 45.5 Å². The Balaban J connectivity index is 0.883. The van der Waals surface area contributed by atoms with Crippen molar-refractivity contribution < 1.29 is 0 Å². The van der Waals surface area contributed by atoms with Crippen LogP contribution in [0.2, 0.25) is 0 Å². The van der Waals surface area contributed by atoms with Gasteiger partial charge in [-0.2, -0.15) is 0 Å². The van der Waals surface area contributed by atoms with E-state index in [1.165, 1.54) is 117 Å². The first-order chi connectivity index (χ1) is 41.7. The van der Waals surface area contributed by atoms with Crippen LogP contribution in [0.4, 0.5) is 51.2 Å². The molecular weight excluding hydrogens is 1010 g/mol. The number of hydrogen-bond donors (Lipinski definition) is 0. The van der Waals surface area contributed by atoms with Crippen molar-refractivity contribution in [3.63, 3.8) is 0 Å². The molecule has 84 heavy (non-hydrogen) atoms. The smallest absolute Gasteiger partial charge is 0.252 e. The van der Waals surface area contributed by atoms with Gasteiger partial charge in [-0.1, -0.05) is 231 Å². The van der Waals surface area contributed by atoms with Gasteiger partial charge in [-0.3, -0.25) is 0 Å². The number of benzene rings is 13. The van der Waals surface area contributed by atoms with Gasteiger partial charge in [0.25, 0.3) is 6.71 Å². The second-order valence-corrected chi connectivity index (χ2v) is 23.4. The van der Waals surface area contributed by atoms with Crippen LogP contribution in [0.15, 0.2) is 303 Å². The van der Waals surface area contributed by atoms with E-state index in [1.54, 1.807) is 0 Å². The fraction of sp³-hybridized carbons (Fsp3) is 0.0250. The van der Waals surface area contributed by atoms with Crippen molar-refractivity contribution in [2.75, 3.05) is 14.7 Å². The second kappa shape index (κ2) is 17.0. The summed E-state index contributed by atoms with van der Waals surface area (Å²) in [6.45, 7) is -0.0549. The highest BCUT2D eigenvalue weighted by Crippen LogP contribution is 2.65. The first-order valence-electron chi connectivity index (χ1n) is 29.4. The number of fused-ring (bicyclic) bond motifs is 24. The highest BCUT2D eigenvalue weighted by molar-refractivity contribution is 7.00. The van der Waals surface area contributed by atoms with Crippen LogP contribution in [-0.4, -0.2) is 6.71 Å². The van der Waals surface area contributed by atoms with Crippen LogP contribution >= 0.6 is 0 Å². The zero-order chi connectivity index (χ0) is 54.8. The summed E-state index contributed by atoms with van der Waals surface area (Å²) in [6, 6.07) is 115. The van der Waals surface area contributed by atoms with Gasteiger partial charge in [-0.25, -0.2) is 0 Å². The van der Waals surface area contributed by atoms with Gasteiger partial charge in [0.2, 0.25) is 0 Å². The average Bonchev–Trinajstić information content (AvgIpc) is 1.53. The summed E-state index contributed by atoms with van der Waals surface area (Å²) in [5.41, 5.74) is 34.2. The van der Waals surface area contributed by atoms with Crippen LogP contribution in [0.3, 0.4) is 0 Å². The van der Waals surface area contributed by atoms with E-state index in [1.807, 2.05) is 0 Å². The maximum atomic E-state index is 2.59. The molecule has 0 radical (unpaired) electrons. The molecule has 4 heteroatoms. The maximum absolute atomic E-state index is 2.59. The zero-order valence-corrected chi connectivity index (χ0v) is 45.8. The molecule has 0 atom stereocenters. The van der Waals surface area contributed by atoms with Crippen LogP contribution in [0.25, 0.3) is 44.5 Å². The van der Waals surface area contributed by atoms with Gasteiger partial charge in [0.1, 0.15) is 0 Å². The number of para-hydroxylation sites is 4. The average molecular weight is 1060 g/mol. The van der Waals surface area contributed by atoms with E-state index < -0.39 is 10.8 Å². The predicted octanol–water partition coefficient (Wildman–Crippen LogP) is 17.9. The molecule has 2 spiro atoms. The fourth-order valence-corrected chi connectivity index (χ4v) is 16.6. The second-order valence-electron chi connectivity index (χ2n) is 23.4. The molecule has 19 rings (SSSR count). The topological polar surface area (TPSA) is 9.72 Å². The van der Waals surface area contributed by atoms with Crippen LogP contribution in [0.5, 0.6) is 0 Å². The van der Waals surface area contributed by atoms with E-state index in [2.05, 4.69) is 318 Å². The summed E-state index contributed by atoms with van der Waals surface area (Å²) < 4.78 is 0. The van der Waals surface area contributed by atoms with Gasteiger partial charge in [0.05, 0.1) is 16.5 Å². The largest absolute Gasteiger partial charge is 0.311 e. The molecule has 4 aliphatic carbocycles. The van der Waals surface area contributed by atoms with Crippen LogP contribution in [-0.2, 0) is 10.8 Å². The minimum Gasteiger partial charge on any atom is -0.311 e. The highest BCUT2D eigenvalue weighted by atomic mass is 15.2.